The lowest BCUT2D eigenvalue weighted by molar-refractivity contribution is -0.902. The molecule has 1 aromatic rings. The third kappa shape index (κ3) is 3.96. The predicted molar refractivity (Wildman–Crippen MR) is 92.0 cm³/mol. The highest BCUT2D eigenvalue weighted by atomic mass is 16.5. The van der Waals surface area contributed by atoms with Gasteiger partial charge in [-0.1, -0.05) is 25.0 Å². The molecular weight excluding hydrogens is 304 g/mol. The lowest BCUT2D eigenvalue weighted by Crippen LogP contribution is -3.15. The number of likely N-dealkylation sites (tertiary alicyclic amines) is 1. The van der Waals surface area contributed by atoms with Crippen LogP contribution >= 0.6 is 0 Å². The number of anilines is 1. The van der Waals surface area contributed by atoms with E-state index in [0.717, 1.165) is 24.9 Å². The molecule has 2 aliphatic rings. The van der Waals surface area contributed by atoms with Gasteiger partial charge in [-0.05, 0) is 37.3 Å². The summed E-state index contributed by atoms with van der Waals surface area (Å²) in [6.45, 7) is 2.66. The lowest BCUT2D eigenvalue weighted by atomic mass is 9.75. The fourth-order valence-corrected chi connectivity index (χ4v) is 4.26. The maximum atomic E-state index is 12.4. The Morgan fingerprint density at radius 3 is 2.71 bits per heavy atom. The van der Waals surface area contributed by atoms with Crippen molar-refractivity contribution < 1.29 is 19.2 Å². The van der Waals surface area contributed by atoms with E-state index in [-0.39, 0.29) is 5.91 Å². The molecule has 130 valence electrons. The van der Waals surface area contributed by atoms with E-state index in [4.69, 9.17) is 4.74 Å². The van der Waals surface area contributed by atoms with Gasteiger partial charge >= 0.3 is 5.97 Å². The minimum atomic E-state index is -0.429. The summed E-state index contributed by atoms with van der Waals surface area (Å²) in [7, 11) is 1.35. The van der Waals surface area contributed by atoms with Crippen molar-refractivity contribution >= 4 is 17.6 Å². The number of carbonyl (C=O) groups excluding carboxylic acids is 2. The number of benzene rings is 1. The van der Waals surface area contributed by atoms with Crippen LogP contribution in [-0.2, 0) is 9.53 Å². The normalized spacial score (nSPS) is 26.3. The maximum absolute atomic E-state index is 12.4. The predicted octanol–water partition coefficient (Wildman–Crippen LogP) is 1.51. The maximum Gasteiger partial charge on any atom is 0.339 e. The van der Waals surface area contributed by atoms with Crippen LogP contribution in [0.3, 0.4) is 0 Å². The van der Waals surface area contributed by atoms with E-state index >= 15 is 0 Å². The summed E-state index contributed by atoms with van der Waals surface area (Å²) < 4.78 is 4.77. The minimum absolute atomic E-state index is 0.0318. The molecule has 1 saturated heterocycles. The fraction of sp³-hybridized carbons (Fsp3) is 0.579. The highest BCUT2D eigenvalue weighted by Gasteiger charge is 2.34. The first-order valence-electron chi connectivity index (χ1n) is 8.98. The number of fused-ring (bicyclic) bond motifs is 1. The van der Waals surface area contributed by atoms with Crippen molar-refractivity contribution in [3.63, 3.8) is 0 Å². The number of methoxy groups -OCH3 is 1. The van der Waals surface area contributed by atoms with E-state index in [1.807, 2.05) is 6.07 Å². The Balaban J connectivity index is 1.57. The molecule has 24 heavy (non-hydrogen) atoms. The van der Waals surface area contributed by atoms with Gasteiger partial charge < -0.3 is 15.0 Å². The summed E-state index contributed by atoms with van der Waals surface area (Å²) in [5, 5.41) is 2.88. The van der Waals surface area contributed by atoms with E-state index in [2.05, 4.69) is 5.32 Å². The fourth-order valence-electron chi connectivity index (χ4n) is 4.26. The summed E-state index contributed by atoms with van der Waals surface area (Å²) in [5.41, 5.74) is 0.927. The average Bonchev–Trinajstić information content (AvgIpc) is 2.61. The highest BCUT2D eigenvalue weighted by Crippen LogP contribution is 2.32. The van der Waals surface area contributed by atoms with Gasteiger partial charge in [-0.3, -0.25) is 4.79 Å². The van der Waals surface area contributed by atoms with Gasteiger partial charge in [0, 0.05) is 5.92 Å². The summed E-state index contributed by atoms with van der Waals surface area (Å²) in [6.07, 6.45) is 6.65. The van der Waals surface area contributed by atoms with Crippen LogP contribution in [0.1, 0.15) is 42.5 Å². The van der Waals surface area contributed by atoms with E-state index < -0.39 is 5.97 Å². The number of hydrogen-bond donors (Lipinski definition) is 2. The van der Waals surface area contributed by atoms with E-state index in [0.29, 0.717) is 17.8 Å². The van der Waals surface area contributed by atoms with Gasteiger partial charge in [0.15, 0.2) is 6.54 Å². The summed E-state index contributed by atoms with van der Waals surface area (Å²) in [5.74, 6) is 1.21. The summed E-state index contributed by atoms with van der Waals surface area (Å²) in [4.78, 5) is 25.6. The van der Waals surface area contributed by atoms with Gasteiger partial charge in [0.25, 0.3) is 5.91 Å². The molecule has 1 unspecified atom stereocenters. The molecule has 0 bridgehead atoms. The zero-order chi connectivity index (χ0) is 16.9. The molecule has 0 radical (unpaired) electrons. The van der Waals surface area contributed by atoms with E-state index in [9.17, 15) is 9.59 Å². The second kappa shape index (κ2) is 7.79. The van der Waals surface area contributed by atoms with Gasteiger partial charge in [0.1, 0.15) is 0 Å². The van der Waals surface area contributed by atoms with Crippen molar-refractivity contribution in [2.45, 2.75) is 32.1 Å². The monoisotopic (exact) mass is 331 g/mol. The number of carbonyl (C=O) groups is 2. The Labute approximate surface area is 143 Å². The largest absolute Gasteiger partial charge is 0.465 e. The Hall–Kier alpha value is -1.88. The van der Waals surface area contributed by atoms with Gasteiger partial charge in [-0.15, -0.1) is 0 Å². The number of esters is 1. The van der Waals surface area contributed by atoms with Crippen molar-refractivity contribution in [1.29, 1.82) is 0 Å². The zero-order valence-electron chi connectivity index (χ0n) is 14.3. The molecule has 5 nitrogen and oxygen atoms in total. The van der Waals surface area contributed by atoms with Gasteiger partial charge in [-0.2, -0.15) is 0 Å². The third-order valence-electron chi connectivity index (χ3n) is 5.50. The van der Waals surface area contributed by atoms with Crippen molar-refractivity contribution in [3.05, 3.63) is 29.8 Å². The number of rotatable bonds is 4. The van der Waals surface area contributed by atoms with Crippen molar-refractivity contribution in [2.75, 3.05) is 32.1 Å². The Bertz CT molecular complexity index is 602. The van der Waals surface area contributed by atoms with Crippen LogP contribution in [-0.4, -0.2) is 38.6 Å². The molecule has 1 aliphatic heterocycles. The molecule has 2 N–H and O–H groups in total. The van der Waals surface area contributed by atoms with E-state index in [1.54, 1.807) is 18.2 Å². The molecule has 1 aromatic carbocycles. The number of nitrogens with one attached hydrogen (secondary N) is 2. The quantitative estimate of drug-likeness (QED) is 0.822. The van der Waals surface area contributed by atoms with Crippen LogP contribution in [0.5, 0.6) is 0 Å². The van der Waals surface area contributed by atoms with Crippen LogP contribution in [0.15, 0.2) is 24.3 Å². The van der Waals surface area contributed by atoms with Crippen LogP contribution < -0.4 is 10.2 Å². The highest BCUT2D eigenvalue weighted by molar-refractivity contribution is 6.01. The van der Waals surface area contributed by atoms with Gasteiger partial charge in [0.2, 0.25) is 0 Å². The first-order valence-corrected chi connectivity index (χ1v) is 8.98. The molecule has 1 amide bonds. The van der Waals surface area contributed by atoms with Crippen LogP contribution in [0, 0.1) is 11.8 Å². The van der Waals surface area contributed by atoms with Crippen LogP contribution in [0.4, 0.5) is 5.69 Å². The molecule has 3 rings (SSSR count). The molecule has 1 saturated carbocycles. The average molecular weight is 331 g/mol. The standard InChI is InChI=1S/C19H26N2O3/c1-24-19(23)16-8-4-5-9-17(16)20-18(22)13-21-11-10-14-6-2-3-7-15(14)12-21/h4-5,8-9,14-15H,2-3,6-7,10-13H2,1H3,(H,20,22)/p+1/t14-,15-/m1/s1. The first kappa shape index (κ1) is 17.0. The minimum Gasteiger partial charge on any atom is -0.465 e. The van der Waals surface area contributed by atoms with Crippen LogP contribution in [0.2, 0.25) is 0 Å². The second-order valence-electron chi connectivity index (χ2n) is 7.06. The molecule has 3 atom stereocenters. The first-order chi connectivity index (χ1) is 11.7. The van der Waals surface area contributed by atoms with Gasteiger partial charge in [0.05, 0.1) is 31.5 Å². The smallest absolute Gasteiger partial charge is 0.339 e. The van der Waals surface area contributed by atoms with Crippen LogP contribution in [0.25, 0.3) is 0 Å². The van der Waals surface area contributed by atoms with Crippen molar-refractivity contribution in [3.8, 4) is 0 Å². The Morgan fingerprint density at radius 2 is 1.92 bits per heavy atom. The van der Waals surface area contributed by atoms with Gasteiger partial charge in [-0.25, -0.2) is 4.79 Å². The molecule has 1 heterocycles. The number of para-hydroxylation sites is 1. The molecule has 5 heteroatoms. The lowest BCUT2D eigenvalue weighted by Gasteiger charge is -2.38. The van der Waals surface area contributed by atoms with Crippen molar-refractivity contribution in [2.24, 2.45) is 11.8 Å². The number of piperidine rings is 1. The number of quaternary nitrogens is 1. The molecular formula is C19H27N2O3+. The SMILES string of the molecule is COC(=O)c1ccccc1NC(=O)C[NH+]1CC[C@H]2CCCC[C@@H]2C1. The second-order valence-corrected chi connectivity index (χ2v) is 7.06. The Kier molecular flexibility index (Phi) is 5.51. The zero-order valence-corrected chi connectivity index (χ0v) is 14.3. The molecule has 1 aliphatic carbocycles. The Morgan fingerprint density at radius 1 is 1.17 bits per heavy atom. The summed E-state index contributed by atoms with van der Waals surface area (Å²) >= 11 is 0. The molecule has 2 fully saturated rings. The number of hydrogen-bond acceptors (Lipinski definition) is 3. The third-order valence-corrected chi connectivity index (χ3v) is 5.50. The topological polar surface area (TPSA) is 59.8 Å². The molecule has 0 spiro atoms. The number of amides is 1. The number of ether oxygens (including phenoxy) is 1. The van der Waals surface area contributed by atoms with Crippen molar-refractivity contribution in [1.82, 2.24) is 0 Å². The molecule has 0 aromatic heterocycles. The summed E-state index contributed by atoms with van der Waals surface area (Å²) in [6, 6.07) is 6.98. The van der Waals surface area contributed by atoms with E-state index in [1.165, 1.54) is 44.1 Å².